The van der Waals surface area contributed by atoms with Crippen LogP contribution in [0.1, 0.15) is 43.2 Å². The van der Waals surface area contributed by atoms with E-state index in [-0.39, 0.29) is 12.1 Å². The van der Waals surface area contributed by atoms with Gasteiger partial charge in [0, 0.05) is 6.54 Å². The van der Waals surface area contributed by atoms with Crippen LogP contribution in [0, 0.1) is 0 Å². The quantitative estimate of drug-likeness (QED) is 0.836. The molecule has 4 rings (SSSR count). The molecule has 1 heterocycles. The van der Waals surface area contributed by atoms with Gasteiger partial charge in [0.1, 0.15) is 0 Å². The van der Waals surface area contributed by atoms with Gasteiger partial charge in [-0.3, -0.25) is 0 Å². The van der Waals surface area contributed by atoms with Crippen molar-refractivity contribution < 1.29 is 13.2 Å². The highest BCUT2D eigenvalue weighted by atomic mass is 32.2. The Morgan fingerprint density at radius 2 is 1.91 bits per heavy atom. The van der Waals surface area contributed by atoms with Crippen LogP contribution in [0.25, 0.3) is 6.08 Å². The molecule has 124 valence electrons. The topological polar surface area (TPSA) is 46.6 Å². The Morgan fingerprint density at radius 1 is 1.09 bits per heavy atom. The van der Waals surface area contributed by atoms with Crippen molar-refractivity contribution in [3.05, 3.63) is 40.3 Å². The van der Waals surface area contributed by atoms with Crippen molar-refractivity contribution in [2.75, 3.05) is 13.2 Å². The van der Waals surface area contributed by atoms with E-state index in [4.69, 9.17) is 4.74 Å². The van der Waals surface area contributed by atoms with Gasteiger partial charge in [0.25, 0.3) is 0 Å². The number of benzene rings is 1. The van der Waals surface area contributed by atoms with Crippen LogP contribution in [-0.4, -0.2) is 38.0 Å². The van der Waals surface area contributed by atoms with Crippen LogP contribution >= 0.6 is 0 Å². The number of ether oxygens (including phenoxy) is 1. The molecule has 0 aromatic heterocycles. The highest BCUT2D eigenvalue weighted by molar-refractivity contribution is 7.93. The molecule has 3 aliphatic rings. The first-order valence-electron chi connectivity index (χ1n) is 8.58. The molecule has 1 aromatic carbocycles. The lowest BCUT2D eigenvalue weighted by atomic mass is 9.91. The number of hydrogen-bond donors (Lipinski definition) is 0. The van der Waals surface area contributed by atoms with E-state index in [1.165, 1.54) is 5.56 Å². The first kappa shape index (κ1) is 15.4. The zero-order valence-corrected chi connectivity index (χ0v) is 14.1. The van der Waals surface area contributed by atoms with Gasteiger partial charge in [-0.2, -0.15) is 4.31 Å². The summed E-state index contributed by atoms with van der Waals surface area (Å²) in [6, 6.07) is 8.10. The van der Waals surface area contributed by atoms with Crippen molar-refractivity contribution in [2.45, 2.75) is 50.7 Å². The Labute approximate surface area is 138 Å². The summed E-state index contributed by atoms with van der Waals surface area (Å²) >= 11 is 0. The molecule has 2 fully saturated rings. The third-order valence-corrected chi connectivity index (χ3v) is 7.39. The van der Waals surface area contributed by atoms with Crippen molar-refractivity contribution in [1.82, 2.24) is 4.31 Å². The van der Waals surface area contributed by atoms with Crippen LogP contribution in [0.2, 0.25) is 0 Å². The fourth-order valence-corrected chi connectivity index (χ4v) is 5.97. The molecule has 4 nitrogen and oxygen atoms in total. The van der Waals surface area contributed by atoms with Crippen molar-refractivity contribution in [3.63, 3.8) is 0 Å². The second-order valence-corrected chi connectivity index (χ2v) is 8.63. The van der Waals surface area contributed by atoms with E-state index >= 15 is 0 Å². The Bertz CT molecular complexity index is 724. The van der Waals surface area contributed by atoms with Crippen molar-refractivity contribution in [2.24, 2.45) is 0 Å². The van der Waals surface area contributed by atoms with E-state index in [9.17, 15) is 8.42 Å². The number of hydrogen-bond acceptors (Lipinski definition) is 3. The molecule has 2 atom stereocenters. The van der Waals surface area contributed by atoms with Crippen LogP contribution in [0.15, 0.2) is 29.2 Å². The third kappa shape index (κ3) is 2.75. The van der Waals surface area contributed by atoms with E-state index in [2.05, 4.69) is 6.07 Å². The molecule has 5 heteroatoms. The third-order valence-electron chi connectivity index (χ3n) is 5.33. The molecule has 2 aliphatic carbocycles. The van der Waals surface area contributed by atoms with Gasteiger partial charge in [0.05, 0.1) is 23.7 Å². The van der Waals surface area contributed by atoms with Crippen LogP contribution in [-0.2, 0) is 21.2 Å². The summed E-state index contributed by atoms with van der Waals surface area (Å²) in [5, 5.41) is 0. The summed E-state index contributed by atoms with van der Waals surface area (Å²) in [6.45, 7) is 1.01. The SMILES string of the molecule is O=S(=O)(C1=Cc2ccccc2CC1)N1CCO[C@H]2CCCC[C@H]21. The van der Waals surface area contributed by atoms with E-state index in [0.717, 1.165) is 37.7 Å². The van der Waals surface area contributed by atoms with Gasteiger partial charge in [-0.25, -0.2) is 8.42 Å². The minimum absolute atomic E-state index is 0.0283. The zero-order chi connectivity index (χ0) is 15.9. The van der Waals surface area contributed by atoms with E-state index in [0.29, 0.717) is 24.5 Å². The summed E-state index contributed by atoms with van der Waals surface area (Å²) in [4.78, 5) is 0.572. The van der Waals surface area contributed by atoms with E-state index in [1.54, 1.807) is 4.31 Å². The molecule has 23 heavy (non-hydrogen) atoms. The zero-order valence-electron chi connectivity index (χ0n) is 13.3. The maximum atomic E-state index is 13.2. The molecule has 0 radical (unpaired) electrons. The first-order chi connectivity index (χ1) is 11.2. The lowest BCUT2D eigenvalue weighted by Gasteiger charge is -2.43. The summed E-state index contributed by atoms with van der Waals surface area (Å²) in [5.41, 5.74) is 2.29. The lowest BCUT2D eigenvalue weighted by Crippen LogP contribution is -2.54. The average molecular weight is 333 g/mol. The number of fused-ring (bicyclic) bond motifs is 2. The minimum Gasteiger partial charge on any atom is -0.375 e. The second-order valence-electron chi connectivity index (χ2n) is 6.69. The number of nitrogens with zero attached hydrogens (tertiary/aromatic N) is 1. The smallest absolute Gasteiger partial charge is 0.239 e. The normalized spacial score (nSPS) is 28.6. The Kier molecular flexibility index (Phi) is 4.03. The highest BCUT2D eigenvalue weighted by Gasteiger charge is 2.41. The van der Waals surface area contributed by atoms with Crippen LogP contribution in [0.4, 0.5) is 0 Å². The average Bonchev–Trinajstić information content (AvgIpc) is 2.60. The summed E-state index contributed by atoms with van der Waals surface area (Å²) in [6.07, 6.45) is 7.52. The maximum Gasteiger partial charge on any atom is 0.239 e. The Hall–Kier alpha value is -1.17. The minimum atomic E-state index is -3.38. The molecule has 0 amide bonds. The van der Waals surface area contributed by atoms with Gasteiger partial charge in [0.15, 0.2) is 0 Å². The van der Waals surface area contributed by atoms with Gasteiger partial charge < -0.3 is 4.74 Å². The molecule has 0 N–H and O–H groups in total. The van der Waals surface area contributed by atoms with Crippen molar-refractivity contribution >= 4 is 16.1 Å². The van der Waals surface area contributed by atoms with Crippen molar-refractivity contribution in [1.29, 1.82) is 0 Å². The van der Waals surface area contributed by atoms with Crippen molar-refractivity contribution in [3.8, 4) is 0 Å². The summed E-state index contributed by atoms with van der Waals surface area (Å²) < 4.78 is 34.0. The number of sulfonamides is 1. The van der Waals surface area contributed by atoms with Crippen LogP contribution in [0.5, 0.6) is 0 Å². The van der Waals surface area contributed by atoms with Gasteiger partial charge in [-0.1, -0.05) is 37.1 Å². The maximum absolute atomic E-state index is 13.2. The number of allylic oxidation sites excluding steroid dienone is 1. The number of aryl methyl sites for hydroxylation is 1. The van der Waals surface area contributed by atoms with Crippen LogP contribution in [0.3, 0.4) is 0 Å². The molecule has 1 aliphatic heterocycles. The summed E-state index contributed by atoms with van der Waals surface area (Å²) in [5.74, 6) is 0. The number of rotatable bonds is 2. The predicted molar refractivity (Wildman–Crippen MR) is 90.4 cm³/mol. The molecule has 1 saturated heterocycles. The first-order valence-corrected chi connectivity index (χ1v) is 10.0. The van der Waals surface area contributed by atoms with Gasteiger partial charge in [0.2, 0.25) is 10.0 Å². The molecule has 1 saturated carbocycles. The molecule has 1 aromatic rings. The van der Waals surface area contributed by atoms with E-state index < -0.39 is 10.0 Å². The number of morpholine rings is 1. The van der Waals surface area contributed by atoms with Gasteiger partial charge in [-0.05, 0) is 42.9 Å². The predicted octanol–water partition coefficient (Wildman–Crippen LogP) is 2.95. The molecular formula is C18H23NO3S. The fourth-order valence-electron chi connectivity index (χ4n) is 4.12. The highest BCUT2D eigenvalue weighted by Crippen LogP contribution is 2.35. The lowest BCUT2D eigenvalue weighted by molar-refractivity contribution is -0.0583. The largest absolute Gasteiger partial charge is 0.375 e. The molecule has 0 unspecified atom stereocenters. The fraction of sp³-hybridized carbons (Fsp3) is 0.556. The van der Waals surface area contributed by atoms with Crippen LogP contribution < -0.4 is 0 Å². The molecule has 0 bridgehead atoms. The Morgan fingerprint density at radius 3 is 2.83 bits per heavy atom. The second kappa shape index (κ2) is 6.04. The van der Waals surface area contributed by atoms with E-state index in [1.807, 2.05) is 24.3 Å². The molecular weight excluding hydrogens is 310 g/mol. The Balaban J connectivity index is 1.66. The van der Waals surface area contributed by atoms with Gasteiger partial charge in [-0.15, -0.1) is 0 Å². The summed E-state index contributed by atoms with van der Waals surface area (Å²) in [7, 11) is -3.38. The standard InChI is InChI=1S/C18H23NO3S/c20-23(21,16-10-9-14-5-1-2-6-15(14)13-16)19-11-12-22-18-8-4-3-7-17(18)19/h1-2,5-6,13,17-18H,3-4,7-12H2/t17-,18+/m1/s1. The molecule has 0 spiro atoms. The van der Waals surface area contributed by atoms with Gasteiger partial charge >= 0.3 is 0 Å². The monoisotopic (exact) mass is 333 g/mol.